The van der Waals surface area contributed by atoms with Crippen LogP contribution in [0.3, 0.4) is 0 Å². The minimum absolute atomic E-state index is 0.0826. The summed E-state index contributed by atoms with van der Waals surface area (Å²) in [7, 11) is -0.695. The van der Waals surface area contributed by atoms with Gasteiger partial charge < -0.3 is 23.8 Å². The van der Waals surface area contributed by atoms with Gasteiger partial charge in [-0.3, -0.25) is 4.79 Å². The predicted octanol–water partition coefficient (Wildman–Crippen LogP) is 3.56. The fourth-order valence-corrected chi connectivity index (χ4v) is 4.40. The lowest BCUT2D eigenvalue weighted by Crippen LogP contribution is -2.57. The predicted molar refractivity (Wildman–Crippen MR) is 127 cm³/mol. The summed E-state index contributed by atoms with van der Waals surface area (Å²) in [6, 6.07) is 2.81. The number of nitrogens with zero attached hydrogens (tertiary/aromatic N) is 3. The summed E-state index contributed by atoms with van der Waals surface area (Å²) in [5.41, 5.74) is -0.386. The average molecular weight is 480 g/mol. The highest BCUT2D eigenvalue weighted by Crippen LogP contribution is 2.37. The van der Waals surface area contributed by atoms with Crippen LogP contribution in [0.1, 0.15) is 73.9 Å². The van der Waals surface area contributed by atoms with Crippen molar-refractivity contribution in [2.24, 2.45) is 0 Å². The van der Waals surface area contributed by atoms with Gasteiger partial charge in [-0.15, -0.1) is 0 Å². The number of halogens is 1. The van der Waals surface area contributed by atoms with Crippen LogP contribution >= 0.6 is 11.6 Å². The molecule has 2 saturated heterocycles. The van der Waals surface area contributed by atoms with Crippen LogP contribution in [0.4, 0.5) is 4.79 Å². The first-order valence-corrected chi connectivity index (χ1v) is 11.7. The maximum absolute atomic E-state index is 12.9. The second-order valence-corrected chi connectivity index (χ2v) is 11.2. The molecule has 2 amide bonds. The summed E-state index contributed by atoms with van der Waals surface area (Å²) in [6.45, 7) is 17.6. The molecule has 0 unspecified atom stereocenters. The molecule has 8 nitrogen and oxygen atoms in total. The summed E-state index contributed by atoms with van der Waals surface area (Å²) in [4.78, 5) is 33.3. The fraction of sp³-hybridized carbons (Fsp3) is 0.696. The third-order valence-electron chi connectivity index (χ3n) is 6.57. The highest BCUT2D eigenvalue weighted by Gasteiger charge is 2.52. The Morgan fingerprint density at radius 2 is 1.67 bits per heavy atom. The molecule has 1 aromatic heterocycles. The fourth-order valence-electron chi connectivity index (χ4n) is 4.17. The molecule has 182 valence electrons. The van der Waals surface area contributed by atoms with E-state index < -0.39 is 36.1 Å². The van der Waals surface area contributed by atoms with Gasteiger partial charge in [0, 0.05) is 20.0 Å². The summed E-state index contributed by atoms with van der Waals surface area (Å²) in [5.74, 6) is -0.0826. The van der Waals surface area contributed by atoms with Crippen LogP contribution in [0, 0.1) is 0 Å². The summed E-state index contributed by atoms with van der Waals surface area (Å²) in [6.07, 6.45) is -0.408. The summed E-state index contributed by atoms with van der Waals surface area (Å²) >= 11 is 6.42. The van der Waals surface area contributed by atoms with Crippen molar-refractivity contribution in [3.63, 3.8) is 0 Å². The number of carbonyl (C=O) groups is 2. The monoisotopic (exact) mass is 479 g/mol. The third kappa shape index (κ3) is 5.30. The van der Waals surface area contributed by atoms with Crippen molar-refractivity contribution in [1.82, 2.24) is 14.8 Å². The molecular formula is C23H35BClN3O5. The lowest BCUT2D eigenvalue weighted by Gasteiger charge is -2.46. The molecule has 33 heavy (non-hydrogen) atoms. The zero-order valence-corrected chi connectivity index (χ0v) is 21.8. The molecule has 10 heteroatoms. The Hall–Kier alpha value is -1.84. The van der Waals surface area contributed by atoms with Crippen molar-refractivity contribution in [3.05, 3.63) is 22.8 Å². The van der Waals surface area contributed by atoms with E-state index in [1.54, 1.807) is 15.9 Å². The molecule has 0 bridgehead atoms. The molecular weight excluding hydrogens is 445 g/mol. The second kappa shape index (κ2) is 8.75. The van der Waals surface area contributed by atoms with Crippen molar-refractivity contribution >= 4 is 36.3 Å². The van der Waals surface area contributed by atoms with Crippen LogP contribution in [-0.4, -0.2) is 69.8 Å². The van der Waals surface area contributed by atoms with E-state index in [1.165, 1.54) is 6.92 Å². The van der Waals surface area contributed by atoms with Crippen LogP contribution in [0.2, 0.25) is 5.15 Å². The van der Waals surface area contributed by atoms with E-state index in [2.05, 4.69) is 4.98 Å². The van der Waals surface area contributed by atoms with E-state index in [9.17, 15) is 9.59 Å². The van der Waals surface area contributed by atoms with E-state index in [4.69, 9.17) is 25.6 Å². The minimum atomic E-state index is -0.695. The first kappa shape index (κ1) is 25.8. The topological polar surface area (TPSA) is 81.2 Å². The number of pyridine rings is 1. The van der Waals surface area contributed by atoms with Gasteiger partial charge in [-0.1, -0.05) is 11.6 Å². The van der Waals surface area contributed by atoms with Crippen LogP contribution in [-0.2, 0) is 18.8 Å². The van der Waals surface area contributed by atoms with Crippen LogP contribution in [0.15, 0.2) is 12.1 Å². The van der Waals surface area contributed by atoms with Gasteiger partial charge in [0.15, 0.2) is 0 Å². The zero-order chi connectivity index (χ0) is 24.9. The smallest absolute Gasteiger partial charge is 0.444 e. The van der Waals surface area contributed by atoms with E-state index in [-0.39, 0.29) is 17.1 Å². The molecule has 0 aliphatic carbocycles. The Kier molecular flexibility index (Phi) is 6.83. The van der Waals surface area contributed by atoms with Crippen LogP contribution in [0.5, 0.6) is 0 Å². The van der Waals surface area contributed by atoms with E-state index in [0.29, 0.717) is 18.7 Å². The number of amides is 2. The van der Waals surface area contributed by atoms with E-state index in [0.717, 1.165) is 5.56 Å². The standard InChI is InChI=1S/C23H35BClN3O5/c1-14-19(28(15(2)29)11-10-27(14)20(30)31-21(3,4)5)16-12-17(26-18(25)13-16)24-32-22(6,7)23(8,9)33-24/h12-14,19H,10-11H2,1-9H3/t14-,19+/m1/s1. The number of piperazine rings is 1. The van der Waals surface area contributed by atoms with Gasteiger partial charge >= 0.3 is 13.2 Å². The molecule has 3 rings (SSSR count). The quantitative estimate of drug-likeness (QED) is 0.476. The molecule has 2 fully saturated rings. The van der Waals surface area contributed by atoms with Crippen molar-refractivity contribution in [2.45, 2.75) is 91.2 Å². The van der Waals surface area contributed by atoms with Crippen LogP contribution in [0.25, 0.3) is 0 Å². The Bertz CT molecular complexity index is 917. The molecule has 1 aromatic rings. The molecule has 3 heterocycles. The number of hydrogen-bond donors (Lipinski definition) is 0. The first-order valence-electron chi connectivity index (χ1n) is 11.3. The summed E-state index contributed by atoms with van der Waals surface area (Å²) in [5, 5.41) is 0.266. The SMILES string of the molecule is CC(=O)N1CCN(C(=O)OC(C)(C)C)[C@H](C)[C@H]1c1cc(Cl)nc(B2OC(C)(C)C(C)(C)O2)c1. The Labute approximate surface area is 202 Å². The third-order valence-corrected chi connectivity index (χ3v) is 6.76. The molecule has 2 atom stereocenters. The first-order chi connectivity index (χ1) is 15.0. The lowest BCUT2D eigenvalue weighted by molar-refractivity contribution is -0.136. The number of rotatable bonds is 2. The van der Waals surface area contributed by atoms with Gasteiger partial charge in [0.1, 0.15) is 10.8 Å². The van der Waals surface area contributed by atoms with Crippen molar-refractivity contribution in [2.75, 3.05) is 13.1 Å². The lowest BCUT2D eigenvalue weighted by atomic mass is 9.82. The summed E-state index contributed by atoms with van der Waals surface area (Å²) < 4.78 is 17.9. The molecule has 2 aliphatic heterocycles. The Morgan fingerprint density at radius 3 is 2.18 bits per heavy atom. The maximum atomic E-state index is 12.9. The van der Waals surface area contributed by atoms with Crippen molar-refractivity contribution in [1.29, 1.82) is 0 Å². The molecule has 0 saturated carbocycles. The minimum Gasteiger partial charge on any atom is -0.444 e. The van der Waals surface area contributed by atoms with Gasteiger partial charge in [-0.25, -0.2) is 9.78 Å². The molecule has 0 N–H and O–H groups in total. The van der Waals surface area contributed by atoms with E-state index >= 15 is 0 Å². The average Bonchev–Trinajstić information content (AvgIpc) is 2.86. The number of aromatic nitrogens is 1. The molecule has 2 aliphatic rings. The molecule has 0 aromatic carbocycles. The van der Waals surface area contributed by atoms with Crippen molar-refractivity contribution < 1.29 is 23.6 Å². The Morgan fingerprint density at radius 1 is 1.12 bits per heavy atom. The van der Waals surface area contributed by atoms with E-state index in [1.807, 2.05) is 61.5 Å². The largest absolute Gasteiger partial charge is 0.514 e. The van der Waals surface area contributed by atoms with Gasteiger partial charge in [0.05, 0.1) is 28.9 Å². The Balaban J connectivity index is 1.98. The van der Waals surface area contributed by atoms with Gasteiger partial charge in [0.2, 0.25) is 5.91 Å². The second-order valence-electron chi connectivity index (χ2n) is 10.8. The zero-order valence-electron chi connectivity index (χ0n) is 21.1. The number of carbonyl (C=O) groups excluding carboxylic acids is 2. The van der Waals surface area contributed by atoms with Crippen LogP contribution < -0.4 is 5.59 Å². The van der Waals surface area contributed by atoms with Gasteiger partial charge in [0.25, 0.3) is 0 Å². The highest BCUT2D eigenvalue weighted by atomic mass is 35.5. The van der Waals surface area contributed by atoms with Crippen molar-refractivity contribution in [3.8, 4) is 0 Å². The highest BCUT2D eigenvalue weighted by molar-refractivity contribution is 6.61. The number of hydrogen-bond acceptors (Lipinski definition) is 6. The normalized spacial score (nSPS) is 24.7. The molecule has 0 spiro atoms. The van der Waals surface area contributed by atoms with Gasteiger partial charge in [-0.2, -0.15) is 0 Å². The molecule has 0 radical (unpaired) electrons. The van der Waals surface area contributed by atoms with Gasteiger partial charge in [-0.05, 0) is 73.1 Å². The maximum Gasteiger partial charge on any atom is 0.514 e. The number of ether oxygens (including phenoxy) is 1.